The minimum Gasteiger partial charge on any atom is -0.369 e. The molecule has 0 fully saturated rings. The number of hydrogen-bond donors (Lipinski definition) is 3. The number of nitrogens with two attached hydrogens (primary N) is 2. The summed E-state index contributed by atoms with van der Waals surface area (Å²) in [5, 5.41) is 5.33. The number of nitrogens with one attached hydrogen (secondary N) is 1. The molecule has 0 aliphatic rings. The number of alkyl halides is 3. The van der Waals surface area contributed by atoms with Crippen molar-refractivity contribution >= 4 is 49.4 Å². The molecule has 0 radical (unpaired) electrons. The molecule has 15 heteroatoms. The Morgan fingerprint density at radius 1 is 1.03 bits per heavy atom. The van der Waals surface area contributed by atoms with E-state index in [1.807, 2.05) is 0 Å². The van der Waals surface area contributed by atoms with Gasteiger partial charge in [-0.25, -0.2) is 31.7 Å². The predicted octanol–water partition coefficient (Wildman–Crippen LogP) is 4.40. The number of benzene rings is 3. The van der Waals surface area contributed by atoms with Crippen LogP contribution in [0.25, 0.3) is 0 Å². The van der Waals surface area contributed by atoms with Gasteiger partial charge in [-0.15, -0.1) is 11.8 Å². The zero-order valence-electron chi connectivity index (χ0n) is 19.7. The van der Waals surface area contributed by atoms with Crippen molar-refractivity contribution in [1.29, 1.82) is 0 Å². The smallest absolute Gasteiger partial charge is 0.369 e. The van der Waals surface area contributed by atoms with Crippen LogP contribution in [0.4, 0.5) is 13.2 Å². The fourth-order valence-electron chi connectivity index (χ4n) is 3.14. The van der Waals surface area contributed by atoms with E-state index in [0.717, 1.165) is 23.9 Å². The molecule has 0 aromatic heterocycles. The zero-order chi connectivity index (χ0) is 28.3. The van der Waals surface area contributed by atoms with Gasteiger partial charge in [0.2, 0.25) is 16.0 Å². The van der Waals surface area contributed by atoms with Crippen LogP contribution in [0.15, 0.2) is 80.3 Å². The van der Waals surface area contributed by atoms with Gasteiger partial charge in [0.05, 0.1) is 17.0 Å². The van der Waals surface area contributed by atoms with E-state index < -0.39 is 37.7 Å². The summed E-state index contributed by atoms with van der Waals surface area (Å²) in [7, 11) is -8.12. The first-order chi connectivity index (χ1) is 17.6. The molecule has 0 bridgehead atoms. The van der Waals surface area contributed by atoms with Crippen LogP contribution in [0.2, 0.25) is 5.02 Å². The van der Waals surface area contributed by atoms with Crippen LogP contribution in [0, 0.1) is 6.92 Å². The first-order valence-electron chi connectivity index (χ1n) is 10.6. The largest absolute Gasteiger partial charge is 0.416 e. The first-order valence-corrected chi connectivity index (χ1v) is 15.0. The number of sulfonamides is 2. The maximum absolute atomic E-state index is 13.1. The van der Waals surface area contributed by atoms with Crippen molar-refractivity contribution in [2.24, 2.45) is 15.9 Å². The third-order valence-electron chi connectivity index (χ3n) is 5.09. The maximum atomic E-state index is 13.1. The second kappa shape index (κ2) is 11.5. The zero-order valence-corrected chi connectivity index (χ0v) is 22.9. The van der Waals surface area contributed by atoms with Crippen LogP contribution in [-0.4, -0.2) is 22.8 Å². The summed E-state index contributed by atoms with van der Waals surface area (Å²) in [4.78, 5) is 3.92. The van der Waals surface area contributed by atoms with Crippen LogP contribution >= 0.6 is 23.4 Å². The van der Waals surface area contributed by atoms with Crippen molar-refractivity contribution in [3.05, 3.63) is 87.9 Å². The third-order valence-corrected chi connectivity index (χ3v) is 9.07. The van der Waals surface area contributed by atoms with Gasteiger partial charge in [0.15, 0.2) is 0 Å². The molecule has 5 N–H and O–H groups in total. The molecule has 0 saturated carbocycles. The van der Waals surface area contributed by atoms with Gasteiger partial charge in [-0.2, -0.15) is 13.2 Å². The molecule has 3 aromatic rings. The van der Waals surface area contributed by atoms with Crippen molar-refractivity contribution in [2.45, 2.75) is 40.1 Å². The molecule has 38 heavy (non-hydrogen) atoms. The Labute approximate surface area is 227 Å². The third kappa shape index (κ3) is 7.86. The number of aryl methyl sites for hydroxylation is 1. The topological polar surface area (TPSA) is 145 Å². The van der Waals surface area contributed by atoms with Crippen molar-refractivity contribution in [3.63, 3.8) is 0 Å². The lowest BCUT2D eigenvalue weighted by Gasteiger charge is -2.14. The molecule has 0 aliphatic carbocycles. The van der Waals surface area contributed by atoms with E-state index in [1.54, 1.807) is 6.92 Å². The lowest BCUT2D eigenvalue weighted by molar-refractivity contribution is -0.137. The fraction of sp³-hybridized carbons (Fsp3) is 0.174. The van der Waals surface area contributed by atoms with Gasteiger partial charge in [-0.05, 0) is 53.9 Å². The average molecular weight is 607 g/mol. The summed E-state index contributed by atoms with van der Waals surface area (Å²) >= 11 is 7.19. The first kappa shape index (κ1) is 29.8. The van der Waals surface area contributed by atoms with Gasteiger partial charge in [-0.1, -0.05) is 41.9 Å². The number of rotatable bonds is 8. The highest BCUT2D eigenvalue weighted by Gasteiger charge is 2.30. The van der Waals surface area contributed by atoms with E-state index in [-0.39, 0.29) is 32.0 Å². The molecule has 0 aliphatic heterocycles. The monoisotopic (exact) mass is 606 g/mol. The molecule has 3 aromatic carbocycles. The SMILES string of the molecule is Cc1cc(S(=O)(=O)NC(N)=NCc2ccc(S(N)(=O)=O)cc2)c(SCc2cccc(C(F)(F)F)c2)cc1Cl. The molecule has 0 amide bonds. The van der Waals surface area contributed by atoms with Crippen LogP contribution in [0.1, 0.15) is 22.3 Å². The van der Waals surface area contributed by atoms with E-state index >= 15 is 0 Å². The minimum absolute atomic E-state index is 0.0456. The summed E-state index contributed by atoms with van der Waals surface area (Å²) in [5.74, 6) is -0.383. The van der Waals surface area contributed by atoms with Crippen LogP contribution in [0.3, 0.4) is 0 Å². The van der Waals surface area contributed by atoms with Gasteiger partial charge in [-0.3, -0.25) is 0 Å². The van der Waals surface area contributed by atoms with Crippen molar-refractivity contribution < 1.29 is 30.0 Å². The quantitative estimate of drug-likeness (QED) is 0.197. The highest BCUT2D eigenvalue weighted by Crippen LogP contribution is 2.35. The molecule has 0 unspecified atom stereocenters. The van der Waals surface area contributed by atoms with E-state index in [9.17, 15) is 30.0 Å². The Bertz CT molecular complexity index is 1580. The highest BCUT2D eigenvalue weighted by molar-refractivity contribution is 7.99. The van der Waals surface area contributed by atoms with Gasteiger partial charge in [0, 0.05) is 15.7 Å². The average Bonchev–Trinajstić information content (AvgIpc) is 2.82. The summed E-state index contributed by atoms with van der Waals surface area (Å²) < 4.78 is 90.3. The second-order valence-corrected chi connectivity index (χ2v) is 12.7. The number of aliphatic imine (C=N–C) groups is 1. The van der Waals surface area contributed by atoms with Crippen molar-refractivity contribution in [1.82, 2.24) is 4.72 Å². The summed E-state index contributed by atoms with van der Waals surface area (Å²) in [6.45, 7) is 1.54. The van der Waals surface area contributed by atoms with E-state index in [0.29, 0.717) is 16.7 Å². The Balaban J connectivity index is 1.80. The normalized spacial score (nSPS) is 12.9. The highest BCUT2D eigenvalue weighted by atomic mass is 35.5. The molecular formula is C23H22ClF3N4O4S3. The Kier molecular flexibility index (Phi) is 9.04. The molecule has 0 spiro atoms. The molecule has 0 heterocycles. The second-order valence-electron chi connectivity index (χ2n) is 8.03. The molecule has 3 rings (SSSR count). The van der Waals surface area contributed by atoms with E-state index in [1.165, 1.54) is 48.5 Å². The Morgan fingerprint density at radius 3 is 2.29 bits per heavy atom. The number of halogens is 4. The van der Waals surface area contributed by atoms with Gasteiger partial charge >= 0.3 is 6.18 Å². The van der Waals surface area contributed by atoms with Crippen molar-refractivity contribution in [3.8, 4) is 0 Å². The van der Waals surface area contributed by atoms with Gasteiger partial charge in [0.1, 0.15) is 4.90 Å². The molecule has 0 atom stereocenters. The maximum Gasteiger partial charge on any atom is 0.416 e. The summed E-state index contributed by atoms with van der Waals surface area (Å²) in [5.41, 5.74) is 6.32. The van der Waals surface area contributed by atoms with E-state index in [4.69, 9.17) is 22.5 Å². The predicted molar refractivity (Wildman–Crippen MR) is 141 cm³/mol. The van der Waals surface area contributed by atoms with Crippen molar-refractivity contribution in [2.75, 3.05) is 0 Å². The molecule has 0 saturated heterocycles. The number of primary sulfonamides is 1. The van der Waals surface area contributed by atoms with Gasteiger partial charge in [0.25, 0.3) is 10.0 Å². The van der Waals surface area contributed by atoms with Gasteiger partial charge < -0.3 is 5.73 Å². The van der Waals surface area contributed by atoms with E-state index in [2.05, 4.69) is 9.71 Å². The molecule has 204 valence electrons. The Hall–Kier alpha value is -2.78. The van der Waals surface area contributed by atoms with Crippen LogP contribution in [-0.2, 0) is 38.5 Å². The lowest BCUT2D eigenvalue weighted by Crippen LogP contribution is -2.37. The number of thioether (sulfide) groups is 1. The standard InChI is InChI=1S/C23H22ClF3N4O4S3/c1-14-9-21(20(11-19(14)24)36-13-16-3-2-4-17(10-16)23(25,26)27)38(34,35)31-22(28)30-12-15-5-7-18(8-6-15)37(29,32)33/h2-11H,12-13H2,1H3,(H3,28,30,31)(H2,29,32,33). The number of hydrogen-bond acceptors (Lipinski definition) is 6. The number of guanidine groups is 1. The lowest BCUT2D eigenvalue weighted by atomic mass is 10.1. The summed E-state index contributed by atoms with van der Waals surface area (Å²) in [6.07, 6.45) is -4.51. The molecule has 8 nitrogen and oxygen atoms in total. The number of nitrogens with zero attached hydrogens (tertiary/aromatic N) is 1. The fourth-order valence-corrected chi connectivity index (χ4v) is 6.40. The Morgan fingerprint density at radius 2 is 1.68 bits per heavy atom. The van der Waals surface area contributed by atoms with Crippen LogP contribution < -0.4 is 15.6 Å². The summed E-state index contributed by atoms with van der Waals surface area (Å²) in [6, 6.07) is 13.0. The molecular weight excluding hydrogens is 585 g/mol. The minimum atomic E-state index is -4.51. The van der Waals surface area contributed by atoms with Crippen LogP contribution in [0.5, 0.6) is 0 Å².